The van der Waals surface area contributed by atoms with E-state index in [0.29, 0.717) is 0 Å². The molecule has 1 atom stereocenters. The van der Waals surface area contributed by atoms with Crippen molar-refractivity contribution in [1.82, 2.24) is 5.32 Å². The highest BCUT2D eigenvalue weighted by molar-refractivity contribution is 5.97. The van der Waals surface area contributed by atoms with Crippen LogP contribution in [0.1, 0.15) is 31.9 Å². The van der Waals surface area contributed by atoms with E-state index >= 15 is 0 Å². The van der Waals surface area contributed by atoms with E-state index < -0.39 is 17.3 Å². The van der Waals surface area contributed by atoms with E-state index in [-0.39, 0.29) is 11.9 Å². The van der Waals surface area contributed by atoms with Crippen LogP contribution in [-0.4, -0.2) is 23.0 Å². The monoisotopic (exact) mass is 275 g/mol. The Hall–Kier alpha value is -1.84. The smallest absolute Gasteiger partial charge is 0.316 e. The molecule has 2 N–H and O–H groups in total. The van der Waals surface area contributed by atoms with Crippen molar-refractivity contribution in [3.8, 4) is 0 Å². The van der Waals surface area contributed by atoms with Gasteiger partial charge in [-0.2, -0.15) is 0 Å². The maximum absolute atomic E-state index is 12.2. The zero-order chi connectivity index (χ0) is 14.9. The van der Waals surface area contributed by atoms with Crippen LogP contribution >= 0.6 is 0 Å². The summed E-state index contributed by atoms with van der Waals surface area (Å²) in [4.78, 5) is 23.6. The van der Waals surface area contributed by atoms with E-state index in [4.69, 9.17) is 0 Å². The second-order valence-electron chi connectivity index (χ2n) is 6.52. The highest BCUT2D eigenvalue weighted by Crippen LogP contribution is 2.27. The third kappa shape index (κ3) is 3.00. The minimum Gasteiger partial charge on any atom is -0.481 e. The SMILES string of the molecule is CC(C)(C)C(C(=O)O)C(=O)NC1Cc2ccccc2C1. The maximum Gasteiger partial charge on any atom is 0.316 e. The van der Waals surface area contributed by atoms with Gasteiger partial charge in [-0.1, -0.05) is 45.0 Å². The summed E-state index contributed by atoms with van der Waals surface area (Å²) < 4.78 is 0. The molecule has 20 heavy (non-hydrogen) atoms. The first-order valence-electron chi connectivity index (χ1n) is 6.89. The van der Waals surface area contributed by atoms with Crippen molar-refractivity contribution in [2.75, 3.05) is 0 Å². The third-order valence-corrected chi connectivity index (χ3v) is 3.77. The number of hydrogen-bond acceptors (Lipinski definition) is 2. The Morgan fingerprint density at radius 3 is 2.10 bits per heavy atom. The Morgan fingerprint density at radius 1 is 1.20 bits per heavy atom. The van der Waals surface area contributed by atoms with Crippen molar-refractivity contribution in [3.63, 3.8) is 0 Å². The summed E-state index contributed by atoms with van der Waals surface area (Å²) in [7, 11) is 0. The Balaban J connectivity index is 2.05. The molecule has 1 unspecified atom stereocenters. The maximum atomic E-state index is 12.2. The van der Waals surface area contributed by atoms with Crippen molar-refractivity contribution in [2.24, 2.45) is 11.3 Å². The average Bonchev–Trinajstić information content (AvgIpc) is 2.67. The van der Waals surface area contributed by atoms with Crippen molar-refractivity contribution >= 4 is 11.9 Å². The first kappa shape index (κ1) is 14.6. The number of rotatable bonds is 3. The van der Waals surface area contributed by atoms with Gasteiger partial charge in [0.05, 0.1) is 0 Å². The average molecular weight is 275 g/mol. The number of carboxylic acid groups (broad SMARTS) is 1. The zero-order valence-electron chi connectivity index (χ0n) is 12.1. The number of benzene rings is 1. The van der Waals surface area contributed by atoms with Crippen LogP contribution < -0.4 is 5.32 Å². The van der Waals surface area contributed by atoms with E-state index in [1.807, 2.05) is 12.1 Å². The van der Waals surface area contributed by atoms with Crippen LogP contribution in [0.25, 0.3) is 0 Å². The van der Waals surface area contributed by atoms with Gasteiger partial charge in [0.25, 0.3) is 0 Å². The summed E-state index contributed by atoms with van der Waals surface area (Å²) in [6.45, 7) is 5.32. The molecule has 0 heterocycles. The first-order valence-corrected chi connectivity index (χ1v) is 6.89. The largest absolute Gasteiger partial charge is 0.481 e. The Morgan fingerprint density at radius 2 is 1.70 bits per heavy atom. The van der Waals surface area contributed by atoms with Gasteiger partial charge in [-0.15, -0.1) is 0 Å². The minimum atomic E-state index is -1.06. The van der Waals surface area contributed by atoms with Gasteiger partial charge in [0.15, 0.2) is 0 Å². The first-order chi connectivity index (χ1) is 9.29. The van der Waals surface area contributed by atoms with Crippen LogP contribution in [0.4, 0.5) is 0 Å². The van der Waals surface area contributed by atoms with Crippen molar-refractivity contribution < 1.29 is 14.7 Å². The zero-order valence-corrected chi connectivity index (χ0v) is 12.1. The number of carboxylic acids is 1. The molecule has 0 fully saturated rings. The van der Waals surface area contributed by atoms with E-state index in [1.54, 1.807) is 20.8 Å². The molecule has 2 rings (SSSR count). The topological polar surface area (TPSA) is 66.4 Å². The molecule has 1 aromatic rings. The molecule has 0 spiro atoms. The molecule has 4 nitrogen and oxygen atoms in total. The highest BCUT2D eigenvalue weighted by atomic mass is 16.4. The molecule has 1 aliphatic carbocycles. The Labute approximate surface area is 119 Å². The van der Waals surface area contributed by atoms with Gasteiger partial charge < -0.3 is 10.4 Å². The number of nitrogens with one attached hydrogen (secondary N) is 1. The summed E-state index contributed by atoms with van der Waals surface area (Å²) in [5, 5.41) is 12.2. The van der Waals surface area contributed by atoms with Gasteiger partial charge in [0.1, 0.15) is 5.92 Å². The molecule has 0 bridgehead atoms. The van der Waals surface area contributed by atoms with E-state index in [0.717, 1.165) is 12.8 Å². The molecule has 1 aliphatic rings. The predicted molar refractivity (Wildman–Crippen MR) is 76.4 cm³/mol. The number of aliphatic carboxylic acids is 1. The molecule has 0 aliphatic heterocycles. The van der Waals surface area contributed by atoms with Gasteiger partial charge in [-0.3, -0.25) is 9.59 Å². The number of carbonyl (C=O) groups excluding carboxylic acids is 1. The number of carbonyl (C=O) groups is 2. The lowest BCUT2D eigenvalue weighted by Gasteiger charge is -2.27. The van der Waals surface area contributed by atoms with E-state index in [1.165, 1.54) is 11.1 Å². The van der Waals surface area contributed by atoms with Crippen LogP contribution in [0.5, 0.6) is 0 Å². The number of hydrogen-bond donors (Lipinski definition) is 2. The van der Waals surface area contributed by atoms with E-state index in [2.05, 4.69) is 17.4 Å². The molecule has 0 saturated carbocycles. The standard InChI is InChI=1S/C16H21NO3/c1-16(2,3)13(15(19)20)14(18)17-12-8-10-6-4-5-7-11(10)9-12/h4-7,12-13H,8-9H2,1-3H3,(H,17,18)(H,19,20). The lowest BCUT2D eigenvalue weighted by molar-refractivity contribution is -0.151. The quantitative estimate of drug-likeness (QED) is 0.829. The molecule has 0 radical (unpaired) electrons. The number of amides is 1. The fraction of sp³-hybridized carbons (Fsp3) is 0.500. The van der Waals surface area contributed by atoms with Gasteiger partial charge in [-0.05, 0) is 29.4 Å². The molecule has 108 valence electrons. The van der Waals surface area contributed by atoms with Crippen molar-refractivity contribution in [3.05, 3.63) is 35.4 Å². The fourth-order valence-electron chi connectivity index (χ4n) is 2.82. The summed E-state index contributed by atoms with van der Waals surface area (Å²) in [5.41, 5.74) is 1.88. The van der Waals surface area contributed by atoms with Gasteiger partial charge in [0, 0.05) is 6.04 Å². The van der Waals surface area contributed by atoms with Crippen LogP contribution in [0, 0.1) is 11.3 Å². The van der Waals surface area contributed by atoms with Crippen LogP contribution in [0.2, 0.25) is 0 Å². The molecule has 0 aromatic heterocycles. The number of fused-ring (bicyclic) bond motifs is 1. The normalized spacial score (nSPS) is 16.6. The molecule has 0 saturated heterocycles. The molecular formula is C16H21NO3. The van der Waals surface area contributed by atoms with E-state index in [9.17, 15) is 14.7 Å². The molecule has 4 heteroatoms. The van der Waals surface area contributed by atoms with Gasteiger partial charge in [0.2, 0.25) is 5.91 Å². The van der Waals surface area contributed by atoms with Gasteiger partial charge in [-0.25, -0.2) is 0 Å². The van der Waals surface area contributed by atoms with Crippen molar-refractivity contribution in [2.45, 2.75) is 39.7 Å². The van der Waals surface area contributed by atoms with Crippen LogP contribution in [0.3, 0.4) is 0 Å². The molecule has 1 amide bonds. The summed E-state index contributed by atoms with van der Waals surface area (Å²) >= 11 is 0. The van der Waals surface area contributed by atoms with Crippen molar-refractivity contribution in [1.29, 1.82) is 0 Å². The van der Waals surface area contributed by atoms with Crippen LogP contribution in [-0.2, 0) is 22.4 Å². The summed E-state index contributed by atoms with van der Waals surface area (Å²) in [6, 6.07) is 8.08. The second-order valence-corrected chi connectivity index (χ2v) is 6.52. The molecular weight excluding hydrogens is 254 g/mol. The predicted octanol–water partition coefficient (Wildman–Crippen LogP) is 2.02. The summed E-state index contributed by atoms with van der Waals surface area (Å²) in [5.74, 6) is -2.47. The fourth-order valence-corrected chi connectivity index (χ4v) is 2.82. The van der Waals surface area contributed by atoms with Crippen LogP contribution in [0.15, 0.2) is 24.3 Å². The Bertz CT molecular complexity index is 506. The minimum absolute atomic E-state index is 0.00380. The summed E-state index contributed by atoms with van der Waals surface area (Å²) in [6.07, 6.45) is 1.55. The lowest BCUT2D eigenvalue weighted by atomic mass is 9.80. The Kier molecular flexibility index (Phi) is 3.84. The highest BCUT2D eigenvalue weighted by Gasteiger charge is 2.38. The lowest BCUT2D eigenvalue weighted by Crippen LogP contribution is -2.46. The molecule has 1 aromatic carbocycles. The third-order valence-electron chi connectivity index (χ3n) is 3.77. The second kappa shape index (κ2) is 5.27. The van der Waals surface area contributed by atoms with Gasteiger partial charge >= 0.3 is 5.97 Å².